The molecule has 0 radical (unpaired) electrons. The molecule has 0 amide bonds. The van der Waals surface area contributed by atoms with Crippen molar-refractivity contribution in [1.82, 2.24) is 0 Å². The van der Waals surface area contributed by atoms with Gasteiger partial charge in [-0.05, 0) is 30.2 Å². The highest BCUT2D eigenvalue weighted by Crippen LogP contribution is 2.29. The highest BCUT2D eigenvalue weighted by atomic mass is 32.2. The Hall–Kier alpha value is -1.14. The van der Waals surface area contributed by atoms with E-state index >= 15 is 0 Å². The Morgan fingerprint density at radius 2 is 2.29 bits per heavy atom. The predicted octanol–water partition coefficient (Wildman–Crippen LogP) is 1.97. The Kier molecular flexibility index (Phi) is 3.63. The SMILES string of the molecule is NC1CSCC1Cc1cc(F)ccc1[N+](=O)[O-]. The minimum atomic E-state index is -0.470. The zero-order valence-corrected chi connectivity index (χ0v) is 9.95. The molecule has 1 saturated heterocycles. The summed E-state index contributed by atoms with van der Waals surface area (Å²) in [6.07, 6.45) is 0.474. The summed E-state index contributed by atoms with van der Waals surface area (Å²) in [6.45, 7) is 0. The molecular formula is C11H13FN2O2S. The Morgan fingerprint density at radius 1 is 1.53 bits per heavy atom. The van der Waals surface area contributed by atoms with Gasteiger partial charge in [0.05, 0.1) is 4.92 Å². The summed E-state index contributed by atoms with van der Waals surface area (Å²) in [6, 6.07) is 3.62. The van der Waals surface area contributed by atoms with Crippen molar-refractivity contribution in [2.75, 3.05) is 11.5 Å². The second-order valence-electron chi connectivity index (χ2n) is 4.20. The van der Waals surface area contributed by atoms with Crippen molar-refractivity contribution < 1.29 is 9.31 Å². The maximum atomic E-state index is 13.1. The smallest absolute Gasteiger partial charge is 0.272 e. The molecule has 1 heterocycles. The first-order valence-electron chi connectivity index (χ1n) is 5.34. The molecular weight excluding hydrogens is 243 g/mol. The maximum absolute atomic E-state index is 13.1. The minimum absolute atomic E-state index is 0.0181. The molecule has 1 fully saturated rings. The van der Waals surface area contributed by atoms with Crippen molar-refractivity contribution in [1.29, 1.82) is 0 Å². The van der Waals surface area contributed by atoms with E-state index in [9.17, 15) is 14.5 Å². The molecule has 92 valence electrons. The van der Waals surface area contributed by atoms with Crippen molar-refractivity contribution >= 4 is 17.4 Å². The molecule has 0 spiro atoms. The number of halogens is 1. The van der Waals surface area contributed by atoms with Gasteiger partial charge >= 0.3 is 0 Å². The van der Waals surface area contributed by atoms with Gasteiger partial charge < -0.3 is 5.73 Å². The summed E-state index contributed by atoms with van der Waals surface area (Å²) in [4.78, 5) is 10.4. The Bertz CT molecular complexity index is 441. The van der Waals surface area contributed by atoms with Gasteiger partial charge in [0.1, 0.15) is 5.82 Å². The third-order valence-electron chi connectivity index (χ3n) is 2.97. The van der Waals surface area contributed by atoms with Crippen LogP contribution in [0.4, 0.5) is 10.1 Å². The predicted molar refractivity (Wildman–Crippen MR) is 65.5 cm³/mol. The van der Waals surface area contributed by atoms with Crippen LogP contribution in [0.2, 0.25) is 0 Å². The number of hydrogen-bond acceptors (Lipinski definition) is 4. The highest BCUT2D eigenvalue weighted by molar-refractivity contribution is 7.99. The van der Waals surface area contributed by atoms with E-state index in [1.165, 1.54) is 12.1 Å². The molecule has 2 N–H and O–H groups in total. The van der Waals surface area contributed by atoms with Gasteiger partial charge in [0, 0.05) is 23.4 Å². The number of nitro groups is 1. The number of benzene rings is 1. The molecule has 0 aromatic heterocycles. The summed E-state index contributed by atoms with van der Waals surface area (Å²) >= 11 is 1.74. The van der Waals surface area contributed by atoms with Gasteiger partial charge in [-0.15, -0.1) is 0 Å². The van der Waals surface area contributed by atoms with Gasteiger partial charge in [-0.1, -0.05) is 0 Å². The lowest BCUT2D eigenvalue weighted by Crippen LogP contribution is -2.29. The van der Waals surface area contributed by atoms with E-state index in [0.717, 1.165) is 17.6 Å². The number of nitrogens with two attached hydrogens (primary N) is 1. The van der Waals surface area contributed by atoms with E-state index in [1.807, 2.05) is 0 Å². The van der Waals surface area contributed by atoms with Gasteiger partial charge in [-0.3, -0.25) is 10.1 Å². The fourth-order valence-electron chi connectivity index (χ4n) is 2.00. The molecule has 2 rings (SSSR count). The van der Waals surface area contributed by atoms with Crippen molar-refractivity contribution in [3.63, 3.8) is 0 Å². The Labute approximate surface area is 103 Å². The van der Waals surface area contributed by atoms with Crippen LogP contribution in [-0.4, -0.2) is 22.5 Å². The van der Waals surface area contributed by atoms with Crippen LogP contribution in [0.3, 0.4) is 0 Å². The maximum Gasteiger partial charge on any atom is 0.272 e. The standard InChI is InChI=1S/C11H13FN2O2S/c12-9-1-2-11(14(15)16)7(4-9)3-8-5-17-6-10(8)13/h1-2,4,8,10H,3,5-6,13H2. The van der Waals surface area contributed by atoms with Crippen LogP contribution in [0.25, 0.3) is 0 Å². The van der Waals surface area contributed by atoms with E-state index in [2.05, 4.69) is 0 Å². The Morgan fingerprint density at radius 3 is 2.88 bits per heavy atom. The normalized spacial score (nSPS) is 23.9. The van der Waals surface area contributed by atoms with Crippen molar-refractivity contribution in [3.8, 4) is 0 Å². The zero-order chi connectivity index (χ0) is 12.4. The van der Waals surface area contributed by atoms with Gasteiger partial charge in [-0.2, -0.15) is 11.8 Å². The summed E-state index contributed by atoms with van der Waals surface area (Å²) in [5, 5.41) is 10.8. The summed E-state index contributed by atoms with van der Waals surface area (Å²) in [7, 11) is 0. The van der Waals surface area contributed by atoms with Crippen molar-refractivity contribution in [2.24, 2.45) is 11.7 Å². The molecule has 1 aliphatic rings. The summed E-state index contributed by atoms with van der Waals surface area (Å²) in [5.74, 6) is 1.51. The van der Waals surface area contributed by atoms with E-state index in [-0.39, 0.29) is 17.6 Å². The van der Waals surface area contributed by atoms with E-state index in [0.29, 0.717) is 12.0 Å². The minimum Gasteiger partial charge on any atom is -0.327 e. The van der Waals surface area contributed by atoms with Crippen LogP contribution in [0, 0.1) is 21.8 Å². The van der Waals surface area contributed by atoms with Gasteiger partial charge in [0.25, 0.3) is 5.69 Å². The molecule has 0 aliphatic carbocycles. The molecule has 0 bridgehead atoms. The third-order valence-corrected chi connectivity index (χ3v) is 4.25. The lowest BCUT2D eigenvalue weighted by atomic mass is 9.94. The second-order valence-corrected chi connectivity index (χ2v) is 5.27. The van der Waals surface area contributed by atoms with Crippen LogP contribution in [0.15, 0.2) is 18.2 Å². The largest absolute Gasteiger partial charge is 0.327 e. The van der Waals surface area contributed by atoms with Gasteiger partial charge in [-0.25, -0.2) is 4.39 Å². The molecule has 1 aliphatic heterocycles. The van der Waals surface area contributed by atoms with Gasteiger partial charge in [0.15, 0.2) is 0 Å². The molecule has 2 atom stereocenters. The number of thioether (sulfide) groups is 1. The third kappa shape index (κ3) is 2.76. The monoisotopic (exact) mass is 256 g/mol. The molecule has 1 aromatic carbocycles. The van der Waals surface area contributed by atoms with E-state index in [4.69, 9.17) is 5.73 Å². The zero-order valence-electron chi connectivity index (χ0n) is 9.14. The fraction of sp³-hybridized carbons (Fsp3) is 0.455. The first-order chi connectivity index (χ1) is 8.08. The van der Waals surface area contributed by atoms with Crippen molar-refractivity contribution in [2.45, 2.75) is 12.5 Å². The number of hydrogen-bond donors (Lipinski definition) is 1. The average Bonchev–Trinajstić information content (AvgIpc) is 2.64. The highest BCUT2D eigenvalue weighted by Gasteiger charge is 2.27. The van der Waals surface area contributed by atoms with E-state index in [1.54, 1.807) is 11.8 Å². The topological polar surface area (TPSA) is 69.2 Å². The number of rotatable bonds is 3. The fourth-order valence-corrected chi connectivity index (χ4v) is 3.35. The Balaban J connectivity index is 2.24. The molecule has 1 aromatic rings. The van der Waals surface area contributed by atoms with Crippen LogP contribution in [-0.2, 0) is 6.42 Å². The molecule has 6 heteroatoms. The van der Waals surface area contributed by atoms with Crippen LogP contribution < -0.4 is 5.73 Å². The molecule has 4 nitrogen and oxygen atoms in total. The van der Waals surface area contributed by atoms with Crippen LogP contribution in [0.5, 0.6) is 0 Å². The summed E-state index contributed by atoms with van der Waals surface area (Å²) in [5.41, 5.74) is 6.33. The van der Waals surface area contributed by atoms with Crippen molar-refractivity contribution in [3.05, 3.63) is 39.7 Å². The first-order valence-corrected chi connectivity index (χ1v) is 6.49. The first kappa shape index (κ1) is 12.3. The van der Waals surface area contributed by atoms with Crippen LogP contribution in [0.1, 0.15) is 5.56 Å². The lowest BCUT2D eigenvalue weighted by molar-refractivity contribution is -0.385. The number of nitro benzene ring substituents is 1. The molecule has 0 saturated carbocycles. The van der Waals surface area contributed by atoms with Crippen LogP contribution >= 0.6 is 11.8 Å². The lowest BCUT2D eigenvalue weighted by Gasteiger charge is -2.14. The van der Waals surface area contributed by atoms with E-state index < -0.39 is 10.7 Å². The average molecular weight is 256 g/mol. The van der Waals surface area contributed by atoms with Gasteiger partial charge in [0.2, 0.25) is 0 Å². The summed E-state index contributed by atoms with van der Waals surface area (Å²) < 4.78 is 13.1. The number of nitrogens with zero attached hydrogens (tertiary/aromatic N) is 1. The second kappa shape index (κ2) is 5.01. The quantitative estimate of drug-likeness (QED) is 0.663. The molecule has 17 heavy (non-hydrogen) atoms. The molecule has 2 unspecified atom stereocenters.